The molecule has 186 valence electrons. The molecule has 0 heterocycles. The lowest BCUT2D eigenvalue weighted by Crippen LogP contribution is -2.15. The van der Waals surface area contributed by atoms with Gasteiger partial charge >= 0.3 is 0 Å². The molecule has 0 saturated heterocycles. The minimum absolute atomic E-state index is 0.410. The van der Waals surface area contributed by atoms with Crippen molar-refractivity contribution in [1.82, 2.24) is 0 Å². The van der Waals surface area contributed by atoms with Crippen LogP contribution in [0.5, 0.6) is 0 Å². The van der Waals surface area contributed by atoms with Gasteiger partial charge in [0.15, 0.2) is 0 Å². The number of unbranched alkanes of at least 4 members (excludes halogenated alkanes) is 7. The molecule has 0 spiro atoms. The molecule has 0 atom stereocenters. The molecule has 0 radical (unpaired) electrons. The fourth-order valence-electron chi connectivity index (χ4n) is 5.84. The van der Waals surface area contributed by atoms with Gasteiger partial charge in [-0.15, -0.1) is 0 Å². The molecule has 0 N–H and O–H groups in total. The SMILES string of the molecule is CCCCCCCC1CCC(c2ccc(-c3ccc(CCCCCC)cc3)c(C#N)c2C#N)CC1. The Morgan fingerprint density at radius 1 is 0.686 bits per heavy atom. The maximum Gasteiger partial charge on any atom is 0.101 e. The third-order valence-electron chi connectivity index (χ3n) is 8.05. The van der Waals surface area contributed by atoms with Crippen molar-refractivity contribution < 1.29 is 0 Å². The standard InChI is InChI=1S/C33H44N2/c1-3-5-7-9-11-13-27-16-20-29(21-17-27)31-23-22-30(32(24-34)33(31)25-35)28-18-14-26(15-19-28)12-10-8-6-4-2/h14-15,18-19,22-23,27,29H,3-13,16-17,20-21H2,1-2H3. The Morgan fingerprint density at radius 3 is 1.94 bits per heavy atom. The predicted molar refractivity (Wildman–Crippen MR) is 147 cm³/mol. The monoisotopic (exact) mass is 468 g/mol. The van der Waals surface area contributed by atoms with Crippen LogP contribution in [0.3, 0.4) is 0 Å². The van der Waals surface area contributed by atoms with Crippen LogP contribution in [0.4, 0.5) is 0 Å². The fourth-order valence-corrected chi connectivity index (χ4v) is 5.84. The first-order valence-corrected chi connectivity index (χ1v) is 14.3. The van der Waals surface area contributed by atoms with Gasteiger partial charge in [0.25, 0.3) is 0 Å². The van der Waals surface area contributed by atoms with E-state index in [2.05, 4.69) is 62.4 Å². The zero-order chi connectivity index (χ0) is 24.9. The molecular formula is C33H44N2. The van der Waals surface area contributed by atoms with E-state index in [4.69, 9.17) is 0 Å². The molecule has 1 aliphatic carbocycles. The molecule has 1 fully saturated rings. The Kier molecular flexibility index (Phi) is 11.4. The first kappa shape index (κ1) is 27.0. The summed E-state index contributed by atoms with van der Waals surface area (Å²) in [4.78, 5) is 0. The maximum atomic E-state index is 10.1. The van der Waals surface area contributed by atoms with E-state index in [1.165, 1.54) is 82.6 Å². The second kappa shape index (κ2) is 14.7. The van der Waals surface area contributed by atoms with E-state index in [0.717, 1.165) is 41.9 Å². The molecule has 0 aromatic heterocycles. The maximum absolute atomic E-state index is 10.1. The number of rotatable bonds is 13. The van der Waals surface area contributed by atoms with Crippen molar-refractivity contribution >= 4 is 0 Å². The van der Waals surface area contributed by atoms with Gasteiger partial charge in [-0.1, -0.05) is 108 Å². The van der Waals surface area contributed by atoms with Gasteiger partial charge in [0.2, 0.25) is 0 Å². The molecular weight excluding hydrogens is 424 g/mol. The predicted octanol–water partition coefficient (Wildman–Crippen LogP) is 9.85. The van der Waals surface area contributed by atoms with Crippen molar-refractivity contribution in [3.63, 3.8) is 0 Å². The fraction of sp³-hybridized carbons (Fsp3) is 0.576. The molecule has 2 aromatic carbocycles. The molecule has 2 nitrogen and oxygen atoms in total. The molecule has 0 bridgehead atoms. The summed E-state index contributed by atoms with van der Waals surface area (Å²) >= 11 is 0. The highest BCUT2D eigenvalue weighted by atomic mass is 14.3. The van der Waals surface area contributed by atoms with E-state index in [1.54, 1.807) is 0 Å². The van der Waals surface area contributed by atoms with E-state index in [9.17, 15) is 10.5 Å². The number of nitriles is 2. The summed E-state index contributed by atoms with van der Waals surface area (Å²) in [5.41, 5.74) is 5.54. The lowest BCUT2D eigenvalue weighted by atomic mass is 9.75. The Hall–Kier alpha value is -2.58. The lowest BCUT2D eigenvalue weighted by molar-refractivity contribution is 0.301. The summed E-state index contributed by atoms with van der Waals surface area (Å²) in [6.45, 7) is 4.51. The second-order valence-corrected chi connectivity index (χ2v) is 10.6. The molecule has 35 heavy (non-hydrogen) atoms. The topological polar surface area (TPSA) is 47.6 Å². The zero-order valence-electron chi connectivity index (χ0n) is 22.1. The largest absolute Gasteiger partial charge is 0.192 e. The van der Waals surface area contributed by atoms with Crippen molar-refractivity contribution in [3.05, 3.63) is 58.7 Å². The smallest absolute Gasteiger partial charge is 0.101 e. The van der Waals surface area contributed by atoms with Crippen molar-refractivity contribution in [3.8, 4) is 23.3 Å². The zero-order valence-corrected chi connectivity index (χ0v) is 22.1. The van der Waals surface area contributed by atoms with E-state index < -0.39 is 0 Å². The van der Waals surface area contributed by atoms with Gasteiger partial charge in [-0.25, -0.2) is 0 Å². The van der Waals surface area contributed by atoms with Crippen molar-refractivity contribution in [2.45, 2.75) is 116 Å². The Balaban J connectivity index is 1.66. The van der Waals surface area contributed by atoms with Crippen LogP contribution in [0.15, 0.2) is 36.4 Å². The summed E-state index contributed by atoms with van der Waals surface area (Å²) in [5.74, 6) is 1.25. The molecule has 0 amide bonds. The van der Waals surface area contributed by atoms with Crippen LogP contribution >= 0.6 is 0 Å². The number of hydrogen-bond acceptors (Lipinski definition) is 2. The normalized spacial score (nSPS) is 17.6. The average Bonchev–Trinajstić information content (AvgIpc) is 2.91. The first-order chi connectivity index (χ1) is 17.2. The minimum Gasteiger partial charge on any atom is -0.192 e. The minimum atomic E-state index is 0.410. The van der Waals surface area contributed by atoms with Gasteiger partial charge in [-0.2, -0.15) is 10.5 Å². The summed E-state index contributed by atoms with van der Waals surface area (Å²) in [6.07, 6.45) is 19.1. The second-order valence-electron chi connectivity index (χ2n) is 10.6. The quantitative estimate of drug-likeness (QED) is 0.275. The highest BCUT2D eigenvalue weighted by Crippen LogP contribution is 2.41. The van der Waals surface area contributed by atoms with Crippen LogP contribution in [-0.4, -0.2) is 0 Å². The van der Waals surface area contributed by atoms with E-state index in [-0.39, 0.29) is 0 Å². The van der Waals surface area contributed by atoms with Crippen LogP contribution in [-0.2, 0) is 6.42 Å². The summed E-state index contributed by atoms with van der Waals surface area (Å²) < 4.78 is 0. The van der Waals surface area contributed by atoms with Crippen LogP contribution in [0.25, 0.3) is 11.1 Å². The third kappa shape index (κ3) is 7.70. The highest BCUT2D eigenvalue weighted by molar-refractivity contribution is 5.75. The first-order valence-electron chi connectivity index (χ1n) is 14.3. The molecule has 3 rings (SSSR count). The van der Waals surface area contributed by atoms with Gasteiger partial charge in [0.1, 0.15) is 12.1 Å². The van der Waals surface area contributed by atoms with Gasteiger partial charge < -0.3 is 0 Å². The van der Waals surface area contributed by atoms with Gasteiger partial charge in [0.05, 0.1) is 11.1 Å². The molecule has 2 heteroatoms. The van der Waals surface area contributed by atoms with Gasteiger partial charge in [-0.05, 0) is 67.1 Å². The molecule has 1 aliphatic rings. The summed E-state index contributed by atoms with van der Waals surface area (Å²) in [6, 6.07) is 17.7. The van der Waals surface area contributed by atoms with Crippen LogP contribution in [0.2, 0.25) is 0 Å². The van der Waals surface area contributed by atoms with Crippen LogP contribution in [0.1, 0.15) is 132 Å². The number of aryl methyl sites for hydroxylation is 1. The number of benzene rings is 2. The Morgan fingerprint density at radius 2 is 1.31 bits per heavy atom. The summed E-state index contributed by atoms with van der Waals surface area (Å²) in [7, 11) is 0. The van der Waals surface area contributed by atoms with E-state index in [0.29, 0.717) is 17.0 Å². The van der Waals surface area contributed by atoms with Crippen LogP contribution < -0.4 is 0 Å². The molecule has 0 unspecified atom stereocenters. The summed E-state index contributed by atoms with van der Waals surface area (Å²) in [5, 5.41) is 20.1. The molecule has 2 aromatic rings. The van der Waals surface area contributed by atoms with Crippen molar-refractivity contribution in [2.24, 2.45) is 5.92 Å². The van der Waals surface area contributed by atoms with Gasteiger partial charge in [-0.3, -0.25) is 0 Å². The number of nitrogens with zero attached hydrogens (tertiary/aromatic N) is 2. The average molecular weight is 469 g/mol. The molecule has 0 aliphatic heterocycles. The van der Waals surface area contributed by atoms with Crippen molar-refractivity contribution in [2.75, 3.05) is 0 Å². The third-order valence-corrected chi connectivity index (χ3v) is 8.05. The Bertz CT molecular complexity index is 981. The van der Waals surface area contributed by atoms with E-state index >= 15 is 0 Å². The molecule has 1 saturated carbocycles. The number of hydrogen-bond donors (Lipinski definition) is 0. The van der Waals surface area contributed by atoms with E-state index in [1.807, 2.05) is 0 Å². The Labute approximate surface area is 214 Å². The van der Waals surface area contributed by atoms with Crippen LogP contribution in [0, 0.1) is 28.6 Å². The van der Waals surface area contributed by atoms with Gasteiger partial charge in [0, 0.05) is 5.56 Å². The highest BCUT2D eigenvalue weighted by Gasteiger charge is 2.26. The van der Waals surface area contributed by atoms with Crippen molar-refractivity contribution in [1.29, 1.82) is 10.5 Å². The lowest BCUT2D eigenvalue weighted by Gasteiger charge is -2.29.